The van der Waals surface area contributed by atoms with Gasteiger partial charge in [0.05, 0.1) is 6.54 Å². The topological polar surface area (TPSA) is 91.6 Å². The van der Waals surface area contributed by atoms with Gasteiger partial charge in [0.2, 0.25) is 17.7 Å². The number of carbonyl (C=O) groups is 2. The van der Waals surface area contributed by atoms with Crippen molar-refractivity contribution < 1.29 is 14.1 Å². The van der Waals surface area contributed by atoms with Crippen LogP contribution in [0.15, 0.2) is 4.52 Å². The van der Waals surface area contributed by atoms with E-state index in [1.54, 1.807) is 0 Å². The molecule has 1 aromatic rings. The van der Waals surface area contributed by atoms with Crippen molar-refractivity contribution in [3.8, 4) is 0 Å². The van der Waals surface area contributed by atoms with Crippen LogP contribution in [0.1, 0.15) is 59.2 Å². The smallest absolute Gasteiger partial charge is 0.234 e. The number of aryl methyl sites for hydroxylation is 1. The normalized spacial score (nSPS) is 16.0. The third-order valence-electron chi connectivity index (χ3n) is 4.46. The zero-order chi connectivity index (χ0) is 20.0. The predicted molar refractivity (Wildman–Crippen MR) is 102 cm³/mol. The number of nitrogens with one attached hydrogen (secondary N) is 1. The molecule has 2 heterocycles. The molecule has 2 rings (SSSR count). The lowest BCUT2D eigenvalue weighted by Gasteiger charge is -2.34. The summed E-state index contributed by atoms with van der Waals surface area (Å²) in [7, 11) is 0. The summed E-state index contributed by atoms with van der Waals surface area (Å²) in [6, 6.07) is 0.152. The van der Waals surface area contributed by atoms with E-state index in [-0.39, 0.29) is 23.3 Å². The summed E-state index contributed by atoms with van der Waals surface area (Å²) in [5.74, 6) is 1.48. The fraction of sp³-hybridized carbons (Fsp3) is 0.789. The number of rotatable bonds is 7. The van der Waals surface area contributed by atoms with Crippen LogP contribution in [0.25, 0.3) is 0 Å². The number of carbonyl (C=O) groups excluding carboxylic acids is 2. The third-order valence-corrected chi connectivity index (χ3v) is 4.46. The minimum absolute atomic E-state index is 0.0407. The molecule has 1 saturated heterocycles. The molecule has 1 aromatic heterocycles. The van der Waals surface area contributed by atoms with Gasteiger partial charge in [-0.1, -0.05) is 25.9 Å². The second-order valence-corrected chi connectivity index (χ2v) is 8.49. The first-order valence-corrected chi connectivity index (χ1v) is 9.77. The largest absolute Gasteiger partial charge is 0.353 e. The van der Waals surface area contributed by atoms with Crippen molar-refractivity contribution in [2.24, 2.45) is 0 Å². The molecule has 27 heavy (non-hydrogen) atoms. The second kappa shape index (κ2) is 9.30. The summed E-state index contributed by atoms with van der Waals surface area (Å²) >= 11 is 0. The van der Waals surface area contributed by atoms with Gasteiger partial charge in [-0.3, -0.25) is 14.5 Å². The molecule has 0 aliphatic carbocycles. The van der Waals surface area contributed by atoms with E-state index in [2.05, 4.69) is 20.4 Å². The molecule has 8 nitrogen and oxygen atoms in total. The van der Waals surface area contributed by atoms with Gasteiger partial charge >= 0.3 is 0 Å². The summed E-state index contributed by atoms with van der Waals surface area (Å²) in [4.78, 5) is 32.6. The molecule has 0 radical (unpaired) electrons. The van der Waals surface area contributed by atoms with Crippen molar-refractivity contribution in [3.05, 3.63) is 11.7 Å². The van der Waals surface area contributed by atoms with Crippen LogP contribution >= 0.6 is 0 Å². The standard InChI is InChI=1S/C19H33N5O3/c1-14(2)20-15(25)13-23-9-11-24(12-10-23)17(26)8-6-7-16-21-18(22-27-16)19(3,4)5/h14H,6-13H2,1-5H3,(H,20,25). The highest BCUT2D eigenvalue weighted by atomic mass is 16.5. The minimum Gasteiger partial charge on any atom is -0.353 e. The highest BCUT2D eigenvalue weighted by Gasteiger charge is 2.23. The van der Waals surface area contributed by atoms with Crippen molar-refractivity contribution in [1.29, 1.82) is 0 Å². The first-order chi connectivity index (χ1) is 12.6. The summed E-state index contributed by atoms with van der Waals surface area (Å²) < 4.78 is 5.27. The Hall–Kier alpha value is -1.96. The molecule has 0 atom stereocenters. The Kier molecular flexibility index (Phi) is 7.35. The Labute approximate surface area is 161 Å². The molecule has 152 valence electrons. The van der Waals surface area contributed by atoms with E-state index in [1.807, 2.05) is 39.5 Å². The number of amides is 2. The molecule has 0 unspecified atom stereocenters. The van der Waals surface area contributed by atoms with E-state index in [4.69, 9.17) is 4.52 Å². The Morgan fingerprint density at radius 2 is 1.85 bits per heavy atom. The second-order valence-electron chi connectivity index (χ2n) is 8.49. The van der Waals surface area contributed by atoms with Gasteiger partial charge in [-0.05, 0) is 20.3 Å². The van der Waals surface area contributed by atoms with Crippen molar-refractivity contribution in [2.45, 2.75) is 65.3 Å². The van der Waals surface area contributed by atoms with Crippen molar-refractivity contribution in [1.82, 2.24) is 25.3 Å². The van der Waals surface area contributed by atoms with Crippen LogP contribution in [0, 0.1) is 0 Å². The predicted octanol–water partition coefficient (Wildman–Crippen LogP) is 1.36. The number of piperazine rings is 1. The molecule has 1 aliphatic heterocycles. The Bertz CT molecular complexity index is 628. The average molecular weight is 380 g/mol. The van der Waals surface area contributed by atoms with Crippen LogP contribution in [-0.4, -0.2) is 70.5 Å². The Morgan fingerprint density at radius 3 is 2.41 bits per heavy atom. The van der Waals surface area contributed by atoms with Gasteiger partial charge in [0.1, 0.15) is 0 Å². The van der Waals surface area contributed by atoms with Gasteiger partial charge in [0.25, 0.3) is 0 Å². The molecular formula is C19H33N5O3. The number of hydrogen-bond donors (Lipinski definition) is 1. The molecule has 8 heteroatoms. The summed E-state index contributed by atoms with van der Waals surface area (Å²) in [6.45, 7) is 13.2. The Balaban J connectivity index is 1.67. The molecule has 1 aliphatic rings. The van der Waals surface area contributed by atoms with Crippen molar-refractivity contribution in [3.63, 3.8) is 0 Å². The van der Waals surface area contributed by atoms with E-state index in [0.717, 1.165) is 13.1 Å². The zero-order valence-electron chi connectivity index (χ0n) is 17.2. The SMILES string of the molecule is CC(C)NC(=O)CN1CCN(C(=O)CCCc2nc(C(C)(C)C)no2)CC1. The van der Waals surface area contributed by atoms with Gasteiger partial charge in [-0.15, -0.1) is 0 Å². The van der Waals surface area contributed by atoms with Crippen molar-refractivity contribution >= 4 is 11.8 Å². The van der Waals surface area contributed by atoms with Crippen molar-refractivity contribution in [2.75, 3.05) is 32.7 Å². The molecule has 0 aromatic carbocycles. The lowest BCUT2D eigenvalue weighted by atomic mass is 9.96. The maximum atomic E-state index is 12.4. The third kappa shape index (κ3) is 6.93. The maximum Gasteiger partial charge on any atom is 0.234 e. The fourth-order valence-corrected chi connectivity index (χ4v) is 2.94. The molecule has 1 fully saturated rings. The van der Waals surface area contributed by atoms with Gasteiger partial charge in [0, 0.05) is 50.5 Å². The Morgan fingerprint density at radius 1 is 1.19 bits per heavy atom. The van der Waals surface area contributed by atoms with Gasteiger partial charge in [0.15, 0.2) is 5.82 Å². The van der Waals surface area contributed by atoms with Crippen LogP contribution in [0.4, 0.5) is 0 Å². The van der Waals surface area contributed by atoms with Crippen LogP contribution in [0.2, 0.25) is 0 Å². The van der Waals surface area contributed by atoms with Gasteiger partial charge < -0.3 is 14.7 Å². The molecule has 2 amide bonds. The van der Waals surface area contributed by atoms with E-state index in [0.29, 0.717) is 50.6 Å². The van der Waals surface area contributed by atoms with E-state index >= 15 is 0 Å². The molecule has 1 N–H and O–H groups in total. The van der Waals surface area contributed by atoms with E-state index < -0.39 is 0 Å². The number of nitrogens with zero attached hydrogens (tertiary/aromatic N) is 4. The number of hydrogen-bond acceptors (Lipinski definition) is 6. The highest BCUT2D eigenvalue weighted by Crippen LogP contribution is 2.19. The average Bonchev–Trinajstić information content (AvgIpc) is 3.04. The summed E-state index contributed by atoms with van der Waals surface area (Å²) in [5, 5.41) is 6.90. The lowest BCUT2D eigenvalue weighted by molar-refractivity contribution is -0.133. The fourth-order valence-electron chi connectivity index (χ4n) is 2.94. The van der Waals surface area contributed by atoms with Crippen LogP contribution < -0.4 is 5.32 Å². The van der Waals surface area contributed by atoms with Gasteiger partial charge in [-0.25, -0.2) is 0 Å². The monoisotopic (exact) mass is 379 g/mol. The summed E-state index contributed by atoms with van der Waals surface area (Å²) in [5.41, 5.74) is -0.136. The van der Waals surface area contributed by atoms with Gasteiger partial charge in [-0.2, -0.15) is 4.98 Å². The first kappa shape index (κ1) is 21.3. The molecular weight excluding hydrogens is 346 g/mol. The quantitative estimate of drug-likeness (QED) is 0.769. The number of aromatic nitrogens is 2. The van der Waals surface area contributed by atoms with E-state index in [1.165, 1.54) is 0 Å². The zero-order valence-corrected chi connectivity index (χ0v) is 17.2. The molecule has 0 saturated carbocycles. The minimum atomic E-state index is -0.136. The first-order valence-electron chi connectivity index (χ1n) is 9.77. The maximum absolute atomic E-state index is 12.4. The molecule has 0 spiro atoms. The van der Waals surface area contributed by atoms with E-state index in [9.17, 15) is 9.59 Å². The van der Waals surface area contributed by atoms with Crippen LogP contribution in [0.5, 0.6) is 0 Å². The molecule has 0 bridgehead atoms. The lowest BCUT2D eigenvalue weighted by Crippen LogP contribution is -2.51. The van der Waals surface area contributed by atoms with Crippen LogP contribution in [-0.2, 0) is 21.4 Å². The van der Waals surface area contributed by atoms with Crippen LogP contribution in [0.3, 0.4) is 0 Å². The summed E-state index contributed by atoms with van der Waals surface area (Å²) in [6.07, 6.45) is 1.78. The highest BCUT2D eigenvalue weighted by molar-refractivity contribution is 5.78.